The van der Waals surface area contributed by atoms with Crippen LogP contribution in [0.15, 0.2) is 6.33 Å². The van der Waals surface area contributed by atoms with E-state index in [9.17, 15) is 4.79 Å². The Balaban J connectivity index is 1.51. The second kappa shape index (κ2) is 6.77. The number of rotatable bonds is 7. The lowest BCUT2D eigenvalue weighted by Crippen LogP contribution is -2.49. The van der Waals surface area contributed by atoms with Crippen LogP contribution in [-0.4, -0.2) is 51.2 Å². The molecule has 0 bridgehead atoms. The highest BCUT2D eigenvalue weighted by Crippen LogP contribution is 2.35. The minimum absolute atomic E-state index is 0.00352. The highest BCUT2D eigenvalue weighted by molar-refractivity contribution is 5.82. The van der Waals surface area contributed by atoms with E-state index in [1.165, 1.54) is 25.7 Å². The molecule has 1 N–H and O–H groups in total. The maximum Gasteiger partial charge on any atom is 0.237 e. The summed E-state index contributed by atoms with van der Waals surface area (Å²) in [5, 5.41) is 11.3. The number of hydrogen-bond acceptors (Lipinski definition) is 4. The van der Waals surface area contributed by atoms with E-state index in [2.05, 4.69) is 38.8 Å². The van der Waals surface area contributed by atoms with Crippen LogP contribution in [0.3, 0.4) is 0 Å². The van der Waals surface area contributed by atoms with Gasteiger partial charge in [0.15, 0.2) is 0 Å². The molecular formula is C16H27N5O. The molecule has 0 unspecified atom stereocenters. The first-order chi connectivity index (χ1) is 10.7. The lowest BCUT2D eigenvalue weighted by Gasteiger charge is -2.29. The lowest BCUT2D eigenvalue weighted by molar-refractivity contribution is -0.127. The molecule has 6 heteroatoms. The number of hydrogen-bond donors (Lipinski definition) is 1. The Bertz CT molecular complexity index is 502. The van der Waals surface area contributed by atoms with Crippen molar-refractivity contribution >= 4 is 5.91 Å². The molecule has 2 fully saturated rings. The Labute approximate surface area is 132 Å². The van der Waals surface area contributed by atoms with Crippen LogP contribution in [0, 0.1) is 5.92 Å². The molecule has 6 nitrogen and oxygen atoms in total. The second-order valence-corrected chi connectivity index (χ2v) is 6.86. The van der Waals surface area contributed by atoms with Gasteiger partial charge in [0.25, 0.3) is 0 Å². The number of carbonyl (C=O) groups is 1. The zero-order chi connectivity index (χ0) is 15.5. The zero-order valence-corrected chi connectivity index (χ0v) is 13.7. The minimum Gasteiger partial charge on any atom is -0.354 e. The van der Waals surface area contributed by atoms with Crippen molar-refractivity contribution in [1.82, 2.24) is 25.0 Å². The smallest absolute Gasteiger partial charge is 0.237 e. The zero-order valence-electron chi connectivity index (χ0n) is 13.7. The summed E-state index contributed by atoms with van der Waals surface area (Å²) in [4.78, 5) is 14.9. The molecule has 22 heavy (non-hydrogen) atoms. The van der Waals surface area contributed by atoms with Gasteiger partial charge in [-0.05, 0) is 44.7 Å². The van der Waals surface area contributed by atoms with E-state index >= 15 is 0 Å². The van der Waals surface area contributed by atoms with Gasteiger partial charge in [0, 0.05) is 19.0 Å². The highest BCUT2D eigenvalue weighted by atomic mass is 16.2. The number of nitrogens with zero attached hydrogens (tertiary/aromatic N) is 4. The molecule has 1 atom stereocenters. The number of nitrogens with one attached hydrogen (secondary N) is 1. The van der Waals surface area contributed by atoms with E-state index in [0.717, 1.165) is 25.3 Å². The highest BCUT2D eigenvalue weighted by Gasteiger charge is 2.30. The van der Waals surface area contributed by atoms with Crippen molar-refractivity contribution in [2.75, 3.05) is 19.6 Å². The molecular weight excluding hydrogens is 278 g/mol. The Hall–Kier alpha value is -1.43. The molecule has 1 amide bonds. The monoisotopic (exact) mass is 305 g/mol. The van der Waals surface area contributed by atoms with E-state index in [0.29, 0.717) is 18.5 Å². The molecule has 0 spiro atoms. The van der Waals surface area contributed by atoms with E-state index in [1.807, 2.05) is 6.33 Å². The first-order valence-electron chi connectivity index (χ1n) is 8.57. The van der Waals surface area contributed by atoms with Gasteiger partial charge >= 0.3 is 0 Å². The average molecular weight is 305 g/mol. The number of likely N-dealkylation sites (tertiary alicyclic amines) is 1. The summed E-state index contributed by atoms with van der Waals surface area (Å²) in [7, 11) is 0. The molecule has 2 heterocycles. The summed E-state index contributed by atoms with van der Waals surface area (Å²) >= 11 is 0. The predicted molar refractivity (Wildman–Crippen MR) is 84.4 cm³/mol. The van der Waals surface area contributed by atoms with Gasteiger partial charge in [-0.15, -0.1) is 10.2 Å². The van der Waals surface area contributed by atoms with Crippen molar-refractivity contribution in [1.29, 1.82) is 0 Å². The second-order valence-electron chi connectivity index (χ2n) is 6.86. The van der Waals surface area contributed by atoms with Gasteiger partial charge in [0.05, 0.1) is 6.04 Å². The summed E-state index contributed by atoms with van der Waals surface area (Å²) in [5.74, 6) is 1.49. The largest absolute Gasteiger partial charge is 0.354 e. The van der Waals surface area contributed by atoms with Crippen LogP contribution < -0.4 is 5.32 Å². The third-order valence-electron chi connectivity index (χ3n) is 4.67. The van der Waals surface area contributed by atoms with Crippen LogP contribution in [0.1, 0.15) is 51.4 Å². The summed E-state index contributed by atoms with van der Waals surface area (Å²) in [6.07, 6.45) is 7.44. The molecule has 122 valence electrons. The van der Waals surface area contributed by atoms with Gasteiger partial charge in [-0.1, -0.05) is 13.8 Å². The number of aromatic nitrogens is 3. The summed E-state index contributed by atoms with van der Waals surface area (Å²) in [5.41, 5.74) is 0. The Morgan fingerprint density at radius 2 is 2.09 bits per heavy atom. The molecule has 1 aliphatic heterocycles. The van der Waals surface area contributed by atoms with Crippen LogP contribution in [0.2, 0.25) is 0 Å². The third-order valence-corrected chi connectivity index (χ3v) is 4.67. The fourth-order valence-corrected chi connectivity index (χ4v) is 3.42. The van der Waals surface area contributed by atoms with Crippen molar-refractivity contribution in [2.24, 2.45) is 5.92 Å². The maximum atomic E-state index is 12.5. The van der Waals surface area contributed by atoms with Crippen molar-refractivity contribution in [3.63, 3.8) is 0 Å². The molecule has 0 aromatic carbocycles. The van der Waals surface area contributed by atoms with Crippen LogP contribution in [0.4, 0.5) is 0 Å². The van der Waals surface area contributed by atoms with Crippen molar-refractivity contribution in [2.45, 2.75) is 58.0 Å². The van der Waals surface area contributed by atoms with Gasteiger partial charge in [-0.25, -0.2) is 0 Å². The van der Waals surface area contributed by atoms with E-state index in [4.69, 9.17) is 0 Å². The summed E-state index contributed by atoms with van der Waals surface area (Å²) < 4.78 is 2.16. The fraction of sp³-hybridized carbons (Fsp3) is 0.812. The Kier molecular flexibility index (Phi) is 4.76. The average Bonchev–Trinajstić information content (AvgIpc) is 2.99. The van der Waals surface area contributed by atoms with Crippen LogP contribution in [-0.2, 0) is 11.2 Å². The van der Waals surface area contributed by atoms with Crippen LogP contribution in [0.5, 0.6) is 0 Å². The lowest BCUT2D eigenvalue weighted by atomic mass is 10.0. The van der Waals surface area contributed by atoms with E-state index in [1.54, 1.807) is 0 Å². The molecule has 0 radical (unpaired) electrons. The summed E-state index contributed by atoms with van der Waals surface area (Å²) in [6.45, 7) is 7.00. The van der Waals surface area contributed by atoms with Gasteiger partial charge in [0.1, 0.15) is 12.2 Å². The molecule has 1 aromatic rings. The van der Waals surface area contributed by atoms with Gasteiger partial charge in [0.2, 0.25) is 5.91 Å². The van der Waals surface area contributed by atoms with E-state index < -0.39 is 0 Å². The predicted octanol–water partition coefficient (Wildman–Crippen LogP) is 1.39. The molecule has 2 aliphatic rings. The maximum absolute atomic E-state index is 12.5. The number of carbonyl (C=O) groups excluding carboxylic acids is 1. The normalized spacial score (nSPS) is 20.5. The van der Waals surface area contributed by atoms with Crippen LogP contribution in [0.25, 0.3) is 0 Å². The van der Waals surface area contributed by atoms with Crippen LogP contribution >= 0.6 is 0 Å². The van der Waals surface area contributed by atoms with E-state index in [-0.39, 0.29) is 11.9 Å². The molecule has 3 rings (SSSR count). The third kappa shape index (κ3) is 3.48. The molecule has 1 saturated heterocycles. The standard InChI is InChI=1S/C16H27N5O/c1-12(2)15(20-9-3-4-10-20)16(22)17-8-7-14-19-18-11-21(14)13-5-6-13/h11-13,15H,3-10H2,1-2H3,(H,17,22)/t15-/m0/s1. The SMILES string of the molecule is CC(C)[C@@H](C(=O)NCCc1nncn1C1CC1)N1CCCC1. The van der Waals surface area contributed by atoms with Gasteiger partial charge in [-0.2, -0.15) is 0 Å². The van der Waals surface area contributed by atoms with Crippen molar-refractivity contribution in [3.05, 3.63) is 12.2 Å². The van der Waals surface area contributed by atoms with Gasteiger partial charge < -0.3 is 9.88 Å². The fourth-order valence-electron chi connectivity index (χ4n) is 3.42. The first-order valence-corrected chi connectivity index (χ1v) is 8.57. The Morgan fingerprint density at radius 1 is 1.36 bits per heavy atom. The minimum atomic E-state index is 0.00352. The van der Waals surface area contributed by atoms with Gasteiger partial charge in [-0.3, -0.25) is 9.69 Å². The first kappa shape index (κ1) is 15.5. The topological polar surface area (TPSA) is 63.1 Å². The molecule has 1 saturated carbocycles. The quantitative estimate of drug-likeness (QED) is 0.827. The van der Waals surface area contributed by atoms with Crippen molar-refractivity contribution < 1.29 is 4.79 Å². The Morgan fingerprint density at radius 3 is 2.73 bits per heavy atom. The molecule has 1 aliphatic carbocycles. The summed E-state index contributed by atoms with van der Waals surface area (Å²) in [6, 6.07) is 0.595. The van der Waals surface area contributed by atoms with Crippen molar-refractivity contribution in [3.8, 4) is 0 Å². The number of amides is 1. The molecule has 1 aromatic heterocycles.